The molecule has 0 saturated carbocycles. The maximum Gasteiger partial charge on any atom is 0.124 e. The Kier molecular flexibility index (Phi) is 6.65. The van der Waals surface area contributed by atoms with Gasteiger partial charge in [-0.15, -0.1) is 0 Å². The van der Waals surface area contributed by atoms with Crippen molar-refractivity contribution in [3.05, 3.63) is 24.0 Å². The van der Waals surface area contributed by atoms with Crippen molar-refractivity contribution in [2.45, 2.75) is 52.0 Å². The number of nitrogens with zero attached hydrogens (tertiary/aromatic N) is 1. The molecule has 1 unspecified atom stereocenters. The second-order valence-corrected chi connectivity index (χ2v) is 5.10. The van der Waals surface area contributed by atoms with Crippen LogP contribution in [0.25, 0.3) is 0 Å². The lowest BCUT2D eigenvalue weighted by molar-refractivity contribution is 0.594. The highest BCUT2D eigenvalue weighted by Crippen LogP contribution is 2.15. The van der Waals surface area contributed by atoms with E-state index in [2.05, 4.69) is 24.1 Å². The lowest BCUT2D eigenvalue weighted by Gasteiger charge is -2.17. The predicted molar refractivity (Wildman–Crippen MR) is 82.0 cm³/mol. The maximum atomic E-state index is 5.66. The second-order valence-electron chi connectivity index (χ2n) is 4.66. The third kappa shape index (κ3) is 5.00. The number of anilines is 1. The van der Waals surface area contributed by atoms with Crippen molar-refractivity contribution >= 4 is 22.9 Å². The number of nitrogens with one attached hydrogen (secondary N) is 1. The standard InChI is InChI=1S/C14H23N3S/c1-3-4-5-6-8-11(2)17-12-9-7-10-16-13(12)14(15)18/h7,9-11,17H,3-6,8H2,1-2H3,(H2,15,18). The molecule has 0 spiro atoms. The van der Waals surface area contributed by atoms with Crippen molar-refractivity contribution in [1.29, 1.82) is 0 Å². The summed E-state index contributed by atoms with van der Waals surface area (Å²) in [5, 5.41) is 3.44. The number of hydrogen-bond acceptors (Lipinski definition) is 3. The SMILES string of the molecule is CCCCCCC(C)Nc1cccnc1C(N)=S. The summed E-state index contributed by atoms with van der Waals surface area (Å²) in [6.07, 6.45) is 8.02. The summed E-state index contributed by atoms with van der Waals surface area (Å²) in [6.45, 7) is 4.41. The number of aromatic nitrogens is 1. The molecule has 1 aromatic heterocycles. The van der Waals surface area contributed by atoms with Gasteiger partial charge in [0.2, 0.25) is 0 Å². The molecule has 0 fully saturated rings. The highest BCUT2D eigenvalue weighted by atomic mass is 32.1. The highest BCUT2D eigenvalue weighted by Gasteiger charge is 2.08. The van der Waals surface area contributed by atoms with Gasteiger partial charge in [0.05, 0.1) is 5.69 Å². The Balaban J connectivity index is 2.48. The van der Waals surface area contributed by atoms with E-state index in [1.165, 1.54) is 25.7 Å². The largest absolute Gasteiger partial charge is 0.388 e. The molecular weight excluding hydrogens is 242 g/mol. The summed E-state index contributed by atoms with van der Waals surface area (Å²) in [6, 6.07) is 4.29. The van der Waals surface area contributed by atoms with E-state index in [0.717, 1.165) is 12.1 Å². The molecule has 0 bridgehead atoms. The highest BCUT2D eigenvalue weighted by molar-refractivity contribution is 7.80. The Labute approximate surface area is 115 Å². The minimum absolute atomic E-state index is 0.344. The van der Waals surface area contributed by atoms with Crippen molar-refractivity contribution in [3.8, 4) is 0 Å². The van der Waals surface area contributed by atoms with Crippen LogP contribution in [-0.2, 0) is 0 Å². The Morgan fingerprint density at radius 2 is 2.22 bits per heavy atom. The fourth-order valence-corrected chi connectivity index (χ4v) is 2.10. The summed E-state index contributed by atoms with van der Waals surface area (Å²) in [7, 11) is 0. The fraction of sp³-hybridized carbons (Fsp3) is 0.571. The van der Waals surface area contributed by atoms with Crippen LogP contribution in [0.5, 0.6) is 0 Å². The molecule has 18 heavy (non-hydrogen) atoms. The zero-order valence-electron chi connectivity index (χ0n) is 11.3. The van der Waals surface area contributed by atoms with Gasteiger partial charge in [0.1, 0.15) is 10.7 Å². The van der Waals surface area contributed by atoms with E-state index in [-0.39, 0.29) is 0 Å². The predicted octanol–water partition coefficient (Wildman–Crippen LogP) is 3.49. The van der Waals surface area contributed by atoms with E-state index in [4.69, 9.17) is 18.0 Å². The Morgan fingerprint density at radius 1 is 1.44 bits per heavy atom. The topological polar surface area (TPSA) is 50.9 Å². The van der Waals surface area contributed by atoms with Crippen molar-refractivity contribution in [2.24, 2.45) is 5.73 Å². The zero-order chi connectivity index (χ0) is 13.4. The molecule has 0 radical (unpaired) electrons. The van der Waals surface area contributed by atoms with Crippen LogP contribution in [-0.4, -0.2) is 16.0 Å². The minimum Gasteiger partial charge on any atom is -0.388 e. The van der Waals surface area contributed by atoms with Crippen molar-refractivity contribution in [1.82, 2.24) is 4.98 Å². The van der Waals surface area contributed by atoms with Crippen molar-refractivity contribution in [2.75, 3.05) is 5.32 Å². The molecule has 0 aliphatic heterocycles. The first-order chi connectivity index (χ1) is 8.65. The van der Waals surface area contributed by atoms with Gasteiger partial charge < -0.3 is 11.1 Å². The number of pyridine rings is 1. The quantitative estimate of drug-likeness (QED) is 0.558. The monoisotopic (exact) mass is 265 g/mol. The zero-order valence-corrected chi connectivity index (χ0v) is 12.1. The smallest absolute Gasteiger partial charge is 0.124 e. The fourth-order valence-electron chi connectivity index (χ4n) is 1.93. The third-order valence-corrected chi connectivity index (χ3v) is 3.13. The molecular formula is C14H23N3S. The van der Waals surface area contributed by atoms with E-state index in [9.17, 15) is 0 Å². The molecule has 1 atom stereocenters. The van der Waals surface area contributed by atoms with Gasteiger partial charge in [-0.2, -0.15) is 0 Å². The van der Waals surface area contributed by atoms with Crippen LogP contribution in [0.4, 0.5) is 5.69 Å². The van der Waals surface area contributed by atoms with Gasteiger partial charge in [0.15, 0.2) is 0 Å². The molecule has 0 amide bonds. The number of unbranched alkanes of at least 4 members (excludes halogenated alkanes) is 3. The molecule has 3 nitrogen and oxygen atoms in total. The number of nitrogens with two attached hydrogens (primary N) is 1. The second kappa shape index (κ2) is 8.03. The first-order valence-corrected chi connectivity index (χ1v) is 7.07. The van der Waals surface area contributed by atoms with Crippen molar-refractivity contribution in [3.63, 3.8) is 0 Å². The van der Waals surface area contributed by atoms with Gasteiger partial charge in [-0.05, 0) is 25.5 Å². The Hall–Kier alpha value is -1.16. The van der Waals surface area contributed by atoms with Gasteiger partial charge in [-0.1, -0.05) is 44.8 Å². The van der Waals surface area contributed by atoms with Gasteiger partial charge >= 0.3 is 0 Å². The average molecular weight is 265 g/mol. The average Bonchev–Trinajstić information content (AvgIpc) is 2.35. The first kappa shape index (κ1) is 14.9. The number of thiocarbonyl (C=S) groups is 1. The van der Waals surface area contributed by atoms with E-state index >= 15 is 0 Å². The lowest BCUT2D eigenvalue weighted by atomic mass is 10.1. The van der Waals surface area contributed by atoms with E-state index in [1.54, 1.807) is 6.20 Å². The van der Waals surface area contributed by atoms with Crippen LogP contribution in [0.2, 0.25) is 0 Å². The van der Waals surface area contributed by atoms with Crippen LogP contribution in [0.15, 0.2) is 18.3 Å². The maximum absolute atomic E-state index is 5.66. The first-order valence-electron chi connectivity index (χ1n) is 6.66. The molecule has 1 heterocycles. The van der Waals surface area contributed by atoms with E-state index in [0.29, 0.717) is 16.7 Å². The van der Waals surface area contributed by atoms with Gasteiger partial charge in [-0.3, -0.25) is 4.98 Å². The lowest BCUT2D eigenvalue weighted by Crippen LogP contribution is -2.20. The third-order valence-electron chi connectivity index (χ3n) is 2.93. The molecule has 3 N–H and O–H groups in total. The van der Waals surface area contributed by atoms with Crippen LogP contribution >= 0.6 is 12.2 Å². The molecule has 0 saturated heterocycles. The molecule has 0 aliphatic carbocycles. The van der Waals surface area contributed by atoms with E-state index < -0.39 is 0 Å². The van der Waals surface area contributed by atoms with Crippen LogP contribution in [0.1, 0.15) is 51.6 Å². The molecule has 1 aromatic rings. The Morgan fingerprint density at radius 3 is 2.89 bits per heavy atom. The normalized spacial score (nSPS) is 12.1. The van der Waals surface area contributed by atoms with Gasteiger partial charge in [-0.25, -0.2) is 0 Å². The summed E-state index contributed by atoms with van der Waals surface area (Å²) in [5.41, 5.74) is 7.28. The van der Waals surface area contributed by atoms with Crippen molar-refractivity contribution < 1.29 is 0 Å². The van der Waals surface area contributed by atoms with Crippen LogP contribution in [0, 0.1) is 0 Å². The number of rotatable bonds is 8. The molecule has 0 aromatic carbocycles. The summed E-state index contributed by atoms with van der Waals surface area (Å²) in [5.74, 6) is 0. The molecule has 4 heteroatoms. The minimum atomic E-state index is 0.344. The molecule has 1 rings (SSSR count). The van der Waals surface area contributed by atoms with Crippen LogP contribution in [0.3, 0.4) is 0 Å². The Bertz CT molecular complexity index is 379. The van der Waals surface area contributed by atoms with E-state index in [1.807, 2.05) is 12.1 Å². The summed E-state index contributed by atoms with van der Waals surface area (Å²) in [4.78, 5) is 4.56. The molecule has 100 valence electrons. The van der Waals surface area contributed by atoms with Gasteiger partial charge in [0, 0.05) is 12.2 Å². The van der Waals surface area contributed by atoms with Gasteiger partial charge in [0.25, 0.3) is 0 Å². The summed E-state index contributed by atoms with van der Waals surface area (Å²) < 4.78 is 0. The molecule has 0 aliphatic rings. The summed E-state index contributed by atoms with van der Waals surface area (Å²) >= 11 is 5.00. The van der Waals surface area contributed by atoms with Crippen LogP contribution < -0.4 is 11.1 Å². The number of hydrogen-bond donors (Lipinski definition) is 2.